The van der Waals surface area contributed by atoms with E-state index in [1.54, 1.807) is 19.2 Å². The first-order valence-electron chi connectivity index (χ1n) is 9.48. The zero-order valence-corrected chi connectivity index (χ0v) is 18.1. The molecule has 156 valence electrons. The summed E-state index contributed by atoms with van der Waals surface area (Å²) in [6.07, 6.45) is 1.30. The lowest BCUT2D eigenvalue weighted by Crippen LogP contribution is -2.45. The van der Waals surface area contributed by atoms with Gasteiger partial charge < -0.3 is 10.1 Å². The maximum atomic E-state index is 13.0. The summed E-state index contributed by atoms with van der Waals surface area (Å²) in [5.74, 6) is 0.241. The molecule has 6 nitrogen and oxygen atoms in total. The third-order valence-corrected chi connectivity index (χ3v) is 7.43. The van der Waals surface area contributed by atoms with Gasteiger partial charge in [0.1, 0.15) is 5.75 Å². The smallest absolute Gasteiger partial charge is 0.243 e. The number of halogens is 1. The molecule has 0 bridgehead atoms. The van der Waals surface area contributed by atoms with Crippen molar-refractivity contribution in [1.82, 2.24) is 9.62 Å². The van der Waals surface area contributed by atoms with Crippen molar-refractivity contribution in [2.45, 2.75) is 31.2 Å². The van der Waals surface area contributed by atoms with Gasteiger partial charge in [0.25, 0.3) is 0 Å². The first-order chi connectivity index (χ1) is 13.8. The minimum absolute atomic E-state index is 0.136. The molecular formula is C21H25ClN2O4S. The van der Waals surface area contributed by atoms with Crippen molar-refractivity contribution in [3.63, 3.8) is 0 Å². The number of hydrogen-bond donors (Lipinski definition) is 1. The van der Waals surface area contributed by atoms with E-state index >= 15 is 0 Å². The number of rotatable bonds is 6. The maximum Gasteiger partial charge on any atom is 0.243 e. The summed E-state index contributed by atoms with van der Waals surface area (Å²) in [5, 5.41) is 3.33. The Morgan fingerprint density at radius 1 is 1.24 bits per heavy atom. The van der Waals surface area contributed by atoms with Crippen molar-refractivity contribution >= 4 is 27.5 Å². The van der Waals surface area contributed by atoms with Crippen LogP contribution in [0.1, 0.15) is 24.0 Å². The van der Waals surface area contributed by atoms with Crippen molar-refractivity contribution in [2.75, 3.05) is 20.2 Å². The number of carbonyl (C=O) groups excluding carboxylic acids is 1. The van der Waals surface area contributed by atoms with Crippen LogP contribution in [0.4, 0.5) is 0 Å². The molecule has 1 heterocycles. The fourth-order valence-electron chi connectivity index (χ4n) is 3.33. The molecule has 0 radical (unpaired) electrons. The molecule has 1 atom stereocenters. The van der Waals surface area contributed by atoms with Gasteiger partial charge in [-0.1, -0.05) is 29.8 Å². The molecule has 2 aromatic rings. The van der Waals surface area contributed by atoms with Gasteiger partial charge in [0.15, 0.2) is 0 Å². The highest BCUT2D eigenvalue weighted by atomic mass is 35.5. The Morgan fingerprint density at radius 3 is 2.62 bits per heavy atom. The van der Waals surface area contributed by atoms with E-state index in [1.165, 1.54) is 10.4 Å². The van der Waals surface area contributed by atoms with Gasteiger partial charge in [-0.3, -0.25) is 4.79 Å². The number of ether oxygens (including phenoxy) is 1. The van der Waals surface area contributed by atoms with Gasteiger partial charge in [0, 0.05) is 24.7 Å². The molecule has 1 aliphatic rings. The van der Waals surface area contributed by atoms with Crippen LogP contribution >= 0.6 is 11.6 Å². The van der Waals surface area contributed by atoms with Crippen molar-refractivity contribution in [2.24, 2.45) is 5.92 Å². The Balaban J connectivity index is 1.64. The second-order valence-electron chi connectivity index (χ2n) is 7.18. The number of benzene rings is 2. The molecule has 0 aliphatic carbocycles. The first-order valence-corrected chi connectivity index (χ1v) is 11.3. The number of methoxy groups -OCH3 is 1. The number of sulfonamides is 1. The fourth-order valence-corrected chi connectivity index (χ4v) is 5.13. The Kier molecular flexibility index (Phi) is 6.82. The van der Waals surface area contributed by atoms with Gasteiger partial charge in [0.2, 0.25) is 15.9 Å². The molecule has 1 amide bonds. The lowest BCUT2D eigenvalue weighted by molar-refractivity contribution is -0.126. The highest BCUT2D eigenvalue weighted by Crippen LogP contribution is 2.27. The normalized spacial score (nSPS) is 17.7. The van der Waals surface area contributed by atoms with Crippen LogP contribution < -0.4 is 10.1 Å². The van der Waals surface area contributed by atoms with E-state index in [2.05, 4.69) is 5.32 Å². The minimum Gasteiger partial charge on any atom is -0.497 e. The zero-order valence-electron chi connectivity index (χ0n) is 16.5. The van der Waals surface area contributed by atoms with E-state index in [-0.39, 0.29) is 23.3 Å². The van der Waals surface area contributed by atoms with E-state index in [1.807, 2.05) is 31.2 Å². The topological polar surface area (TPSA) is 75.7 Å². The predicted molar refractivity (Wildman–Crippen MR) is 113 cm³/mol. The van der Waals surface area contributed by atoms with Crippen LogP contribution in [0.5, 0.6) is 5.75 Å². The zero-order chi connectivity index (χ0) is 21.0. The number of amides is 1. The maximum absolute atomic E-state index is 13.0. The van der Waals surface area contributed by atoms with E-state index in [9.17, 15) is 13.2 Å². The highest BCUT2D eigenvalue weighted by Gasteiger charge is 2.33. The standard InChI is InChI=1S/C21H25ClN2O4S/c1-15-5-10-19(12-20(15)22)29(26,27)24-11-3-4-17(14-24)21(25)23-13-16-6-8-18(28-2)9-7-16/h5-10,12,17H,3-4,11,13-14H2,1-2H3,(H,23,25)/t17-/m0/s1. The Labute approximate surface area is 176 Å². The van der Waals surface area contributed by atoms with Gasteiger partial charge >= 0.3 is 0 Å². The SMILES string of the molecule is COc1ccc(CNC(=O)[C@H]2CCCN(S(=O)(=O)c3ccc(C)c(Cl)c3)C2)cc1. The molecule has 1 aliphatic heterocycles. The number of nitrogens with one attached hydrogen (secondary N) is 1. The molecule has 0 spiro atoms. The van der Waals surface area contributed by atoms with Crippen LogP contribution in [0, 0.1) is 12.8 Å². The molecule has 3 rings (SSSR count). The van der Waals surface area contributed by atoms with Gasteiger partial charge in [-0.25, -0.2) is 8.42 Å². The molecule has 2 aromatic carbocycles. The summed E-state index contributed by atoms with van der Waals surface area (Å²) in [6.45, 7) is 2.78. The van der Waals surface area contributed by atoms with Crippen LogP contribution in [0.25, 0.3) is 0 Å². The average Bonchev–Trinajstić information content (AvgIpc) is 2.74. The van der Waals surface area contributed by atoms with Gasteiger partial charge in [-0.05, 0) is 55.2 Å². The summed E-state index contributed by atoms with van der Waals surface area (Å²) in [5.41, 5.74) is 1.77. The van der Waals surface area contributed by atoms with Crippen LogP contribution in [0.2, 0.25) is 5.02 Å². The fraction of sp³-hybridized carbons (Fsp3) is 0.381. The third kappa shape index (κ3) is 5.10. The van der Waals surface area contributed by atoms with Gasteiger partial charge in [-0.15, -0.1) is 0 Å². The minimum atomic E-state index is -3.69. The van der Waals surface area contributed by atoms with Crippen molar-refractivity contribution in [3.05, 3.63) is 58.6 Å². The second-order valence-corrected chi connectivity index (χ2v) is 9.52. The monoisotopic (exact) mass is 436 g/mol. The average molecular weight is 437 g/mol. The molecule has 1 fully saturated rings. The number of piperidine rings is 1. The van der Waals surface area contributed by atoms with E-state index in [0.29, 0.717) is 31.0 Å². The number of aryl methyl sites for hydroxylation is 1. The summed E-state index contributed by atoms with van der Waals surface area (Å²) in [4.78, 5) is 12.8. The van der Waals surface area contributed by atoms with Crippen LogP contribution in [-0.2, 0) is 21.4 Å². The summed E-state index contributed by atoms with van der Waals surface area (Å²) in [7, 11) is -2.09. The largest absolute Gasteiger partial charge is 0.497 e. The van der Waals surface area contributed by atoms with E-state index in [0.717, 1.165) is 16.9 Å². The number of carbonyl (C=O) groups is 1. The Morgan fingerprint density at radius 2 is 1.97 bits per heavy atom. The lowest BCUT2D eigenvalue weighted by atomic mass is 9.99. The van der Waals surface area contributed by atoms with Crippen LogP contribution in [0.15, 0.2) is 47.4 Å². The van der Waals surface area contributed by atoms with Gasteiger partial charge in [-0.2, -0.15) is 4.31 Å². The molecule has 0 unspecified atom stereocenters. The second kappa shape index (κ2) is 9.15. The van der Waals surface area contributed by atoms with Crippen LogP contribution in [-0.4, -0.2) is 38.8 Å². The number of hydrogen-bond acceptors (Lipinski definition) is 4. The molecule has 1 saturated heterocycles. The molecular weight excluding hydrogens is 412 g/mol. The molecule has 0 aromatic heterocycles. The highest BCUT2D eigenvalue weighted by molar-refractivity contribution is 7.89. The lowest BCUT2D eigenvalue weighted by Gasteiger charge is -2.31. The van der Waals surface area contributed by atoms with Crippen molar-refractivity contribution in [1.29, 1.82) is 0 Å². The van der Waals surface area contributed by atoms with Crippen molar-refractivity contribution < 1.29 is 17.9 Å². The predicted octanol–water partition coefficient (Wildman–Crippen LogP) is 3.37. The molecule has 1 N–H and O–H groups in total. The van der Waals surface area contributed by atoms with E-state index in [4.69, 9.17) is 16.3 Å². The third-order valence-electron chi connectivity index (χ3n) is 5.16. The van der Waals surface area contributed by atoms with E-state index < -0.39 is 10.0 Å². The van der Waals surface area contributed by atoms with Crippen LogP contribution in [0.3, 0.4) is 0 Å². The first kappa shape index (κ1) is 21.6. The molecule has 0 saturated carbocycles. The summed E-state index contributed by atoms with van der Waals surface area (Å²) < 4.78 is 32.5. The Bertz CT molecular complexity index is 977. The molecule has 8 heteroatoms. The quantitative estimate of drug-likeness (QED) is 0.753. The summed E-state index contributed by atoms with van der Waals surface area (Å²) in [6, 6.07) is 12.2. The Hall–Kier alpha value is -2.09. The van der Waals surface area contributed by atoms with Gasteiger partial charge in [0.05, 0.1) is 17.9 Å². The number of nitrogens with zero attached hydrogens (tertiary/aromatic N) is 1. The summed E-state index contributed by atoms with van der Waals surface area (Å²) >= 11 is 6.10. The molecule has 29 heavy (non-hydrogen) atoms. The van der Waals surface area contributed by atoms with Crippen molar-refractivity contribution in [3.8, 4) is 5.75 Å².